The third-order valence-electron chi connectivity index (χ3n) is 1.89. The lowest BCUT2D eigenvalue weighted by Gasteiger charge is -2.02. The summed E-state index contributed by atoms with van der Waals surface area (Å²) >= 11 is 0. The van der Waals surface area contributed by atoms with Gasteiger partial charge < -0.3 is 10.1 Å². The minimum atomic E-state index is -2.40. The molecule has 0 aliphatic rings. The van der Waals surface area contributed by atoms with Gasteiger partial charge in [0.2, 0.25) is 0 Å². The lowest BCUT2D eigenvalue weighted by Crippen LogP contribution is -2.21. The third-order valence-corrected chi connectivity index (χ3v) is 1.89. The topological polar surface area (TPSA) is 21.3 Å². The van der Waals surface area contributed by atoms with Gasteiger partial charge in [0.15, 0.2) is 0 Å². The van der Waals surface area contributed by atoms with Crippen LogP contribution in [0.3, 0.4) is 0 Å². The maximum absolute atomic E-state index is 11.7. The molecule has 0 fully saturated rings. The van der Waals surface area contributed by atoms with Crippen LogP contribution in [0.1, 0.15) is 5.56 Å². The lowest BCUT2D eigenvalue weighted by atomic mass is 10.2. The minimum absolute atomic E-state index is 0.275. The van der Waals surface area contributed by atoms with E-state index in [1.807, 2.05) is 30.3 Å². The molecule has 0 saturated carbocycles. The van der Waals surface area contributed by atoms with Crippen molar-refractivity contribution in [2.75, 3.05) is 26.3 Å². The molecule has 0 atom stereocenters. The molecule has 0 saturated heterocycles. The highest BCUT2D eigenvalue weighted by Crippen LogP contribution is 1.94. The molecule has 0 aliphatic carbocycles. The zero-order chi connectivity index (χ0) is 12.3. The molecule has 17 heavy (non-hydrogen) atoms. The highest BCUT2D eigenvalue weighted by atomic mass is 19.3. The van der Waals surface area contributed by atoms with Crippen LogP contribution in [0.2, 0.25) is 0 Å². The predicted molar refractivity (Wildman–Crippen MR) is 63.0 cm³/mol. The van der Waals surface area contributed by atoms with Crippen molar-refractivity contribution in [2.45, 2.75) is 6.43 Å². The molecule has 4 heteroatoms. The maximum atomic E-state index is 11.7. The molecular weight excluding hydrogens is 224 g/mol. The Morgan fingerprint density at radius 1 is 1.24 bits per heavy atom. The highest BCUT2D eigenvalue weighted by Gasteiger charge is 1.99. The monoisotopic (exact) mass is 239 g/mol. The van der Waals surface area contributed by atoms with Crippen molar-refractivity contribution in [3.8, 4) is 11.8 Å². The molecule has 1 rings (SSSR count). The second-order valence-corrected chi connectivity index (χ2v) is 3.31. The van der Waals surface area contributed by atoms with E-state index in [1.54, 1.807) is 0 Å². The molecule has 0 aliphatic heterocycles. The van der Waals surface area contributed by atoms with Gasteiger partial charge in [0.05, 0.1) is 13.2 Å². The Balaban J connectivity index is 2.03. The highest BCUT2D eigenvalue weighted by molar-refractivity contribution is 5.33. The van der Waals surface area contributed by atoms with Gasteiger partial charge in [-0.2, -0.15) is 0 Å². The SMILES string of the molecule is FC(F)COCCNCC#Cc1ccccc1. The summed E-state index contributed by atoms with van der Waals surface area (Å²) in [6.45, 7) is 0.817. The zero-order valence-corrected chi connectivity index (χ0v) is 9.46. The van der Waals surface area contributed by atoms with Crippen LogP contribution in [0.15, 0.2) is 30.3 Å². The summed E-state index contributed by atoms with van der Waals surface area (Å²) in [6.07, 6.45) is -2.40. The van der Waals surface area contributed by atoms with Crippen LogP contribution in [-0.4, -0.2) is 32.7 Å². The number of halogens is 2. The van der Waals surface area contributed by atoms with Gasteiger partial charge in [-0.3, -0.25) is 0 Å². The Morgan fingerprint density at radius 3 is 2.71 bits per heavy atom. The largest absolute Gasteiger partial charge is 0.374 e. The first-order chi connectivity index (χ1) is 8.29. The standard InChI is InChI=1S/C13H15F2NO/c14-13(15)11-17-10-9-16-8-4-7-12-5-2-1-3-6-12/h1-3,5-6,13,16H,8-11H2. The van der Waals surface area contributed by atoms with Crippen molar-refractivity contribution < 1.29 is 13.5 Å². The molecule has 0 spiro atoms. The Hall–Kier alpha value is -1.44. The molecule has 2 nitrogen and oxygen atoms in total. The third kappa shape index (κ3) is 7.45. The van der Waals surface area contributed by atoms with Gasteiger partial charge >= 0.3 is 0 Å². The fraction of sp³-hybridized carbons (Fsp3) is 0.385. The average Bonchev–Trinajstić information content (AvgIpc) is 2.33. The summed E-state index contributed by atoms with van der Waals surface area (Å²) in [7, 11) is 0. The van der Waals surface area contributed by atoms with Gasteiger partial charge in [-0.15, -0.1) is 0 Å². The molecule has 0 unspecified atom stereocenters. The van der Waals surface area contributed by atoms with Gasteiger partial charge in [0.25, 0.3) is 6.43 Å². The molecule has 1 aromatic carbocycles. The van der Waals surface area contributed by atoms with Crippen LogP contribution >= 0.6 is 0 Å². The van der Waals surface area contributed by atoms with Crippen molar-refractivity contribution in [1.82, 2.24) is 5.32 Å². The van der Waals surface area contributed by atoms with Crippen LogP contribution in [0.25, 0.3) is 0 Å². The van der Waals surface area contributed by atoms with Gasteiger partial charge in [0, 0.05) is 12.1 Å². The van der Waals surface area contributed by atoms with E-state index >= 15 is 0 Å². The van der Waals surface area contributed by atoms with Crippen molar-refractivity contribution in [3.63, 3.8) is 0 Å². The van der Waals surface area contributed by atoms with Crippen LogP contribution in [0.4, 0.5) is 8.78 Å². The lowest BCUT2D eigenvalue weighted by molar-refractivity contribution is 0.0190. The first kappa shape index (κ1) is 13.6. The number of nitrogens with one attached hydrogen (secondary N) is 1. The van der Waals surface area contributed by atoms with E-state index in [9.17, 15) is 8.78 Å². The Kier molecular flexibility index (Phi) is 6.96. The van der Waals surface area contributed by atoms with E-state index in [0.717, 1.165) is 5.56 Å². The van der Waals surface area contributed by atoms with Gasteiger partial charge in [-0.25, -0.2) is 8.78 Å². The minimum Gasteiger partial charge on any atom is -0.374 e. The first-order valence-corrected chi connectivity index (χ1v) is 5.39. The van der Waals surface area contributed by atoms with E-state index in [1.165, 1.54) is 0 Å². The number of rotatable bonds is 6. The van der Waals surface area contributed by atoms with Gasteiger partial charge in [-0.1, -0.05) is 30.0 Å². The summed E-state index contributed by atoms with van der Waals surface area (Å²) in [4.78, 5) is 0. The smallest absolute Gasteiger partial charge is 0.261 e. The summed E-state index contributed by atoms with van der Waals surface area (Å²) in [5.74, 6) is 5.92. The van der Waals surface area contributed by atoms with E-state index < -0.39 is 13.0 Å². The van der Waals surface area contributed by atoms with Crippen LogP contribution in [-0.2, 0) is 4.74 Å². The maximum Gasteiger partial charge on any atom is 0.261 e. The van der Waals surface area contributed by atoms with Crippen LogP contribution in [0, 0.1) is 11.8 Å². The molecule has 92 valence electrons. The number of benzene rings is 1. The number of hydrogen-bond acceptors (Lipinski definition) is 2. The van der Waals surface area contributed by atoms with E-state index in [4.69, 9.17) is 4.74 Å². The molecule has 0 amide bonds. The predicted octanol–water partition coefficient (Wildman–Crippen LogP) is 1.91. The molecule has 1 aromatic rings. The summed E-state index contributed by atoms with van der Waals surface area (Å²) in [5.41, 5.74) is 0.961. The number of ether oxygens (including phenoxy) is 1. The van der Waals surface area contributed by atoms with Crippen molar-refractivity contribution >= 4 is 0 Å². The zero-order valence-electron chi connectivity index (χ0n) is 9.46. The fourth-order valence-electron chi connectivity index (χ4n) is 1.14. The second-order valence-electron chi connectivity index (χ2n) is 3.31. The Morgan fingerprint density at radius 2 is 2.00 bits per heavy atom. The first-order valence-electron chi connectivity index (χ1n) is 5.39. The van der Waals surface area contributed by atoms with Crippen LogP contribution in [0.5, 0.6) is 0 Å². The summed E-state index contributed by atoms with van der Waals surface area (Å²) in [5, 5.41) is 2.99. The fourth-order valence-corrected chi connectivity index (χ4v) is 1.14. The van der Waals surface area contributed by atoms with Crippen LogP contribution < -0.4 is 5.32 Å². The van der Waals surface area contributed by atoms with E-state index in [-0.39, 0.29) is 6.61 Å². The second kappa shape index (κ2) is 8.68. The van der Waals surface area contributed by atoms with E-state index in [0.29, 0.717) is 13.1 Å². The van der Waals surface area contributed by atoms with Crippen molar-refractivity contribution in [2.24, 2.45) is 0 Å². The summed E-state index contributed by atoms with van der Waals surface area (Å²) in [6, 6.07) is 9.65. The van der Waals surface area contributed by atoms with Gasteiger partial charge in [0.1, 0.15) is 6.61 Å². The number of alkyl halides is 2. The normalized spacial score (nSPS) is 10.1. The number of hydrogen-bond donors (Lipinski definition) is 1. The molecule has 0 radical (unpaired) electrons. The summed E-state index contributed by atoms with van der Waals surface area (Å²) < 4.78 is 28.1. The molecule has 1 N–H and O–H groups in total. The Labute approximate surface area is 100.0 Å². The quantitative estimate of drug-likeness (QED) is 0.605. The average molecular weight is 239 g/mol. The molecular formula is C13H15F2NO. The Bertz CT molecular complexity index is 357. The van der Waals surface area contributed by atoms with Gasteiger partial charge in [-0.05, 0) is 12.1 Å². The van der Waals surface area contributed by atoms with E-state index in [2.05, 4.69) is 17.2 Å². The molecule has 0 aromatic heterocycles. The molecule has 0 bridgehead atoms. The molecule has 0 heterocycles. The van der Waals surface area contributed by atoms with Crippen molar-refractivity contribution in [3.05, 3.63) is 35.9 Å². The van der Waals surface area contributed by atoms with Crippen molar-refractivity contribution in [1.29, 1.82) is 0 Å².